The molecule has 0 N–H and O–H groups in total. The summed E-state index contributed by atoms with van der Waals surface area (Å²) in [5.74, 6) is -0.468. The SMILES string of the molecule is Cc1ccsc1CN(C)c1cccc(F)c1C#N. The minimum atomic E-state index is -0.468. The molecule has 2 nitrogen and oxygen atoms in total. The first-order chi connectivity index (χ1) is 8.63. The van der Waals surface area contributed by atoms with Crippen LogP contribution in [0.15, 0.2) is 29.6 Å². The molecular weight excluding hydrogens is 247 g/mol. The molecule has 0 amide bonds. The highest BCUT2D eigenvalue weighted by Crippen LogP contribution is 2.25. The monoisotopic (exact) mass is 260 g/mol. The Morgan fingerprint density at radius 1 is 1.39 bits per heavy atom. The van der Waals surface area contributed by atoms with Crippen LogP contribution in [0.25, 0.3) is 0 Å². The predicted molar refractivity (Wildman–Crippen MR) is 72.3 cm³/mol. The van der Waals surface area contributed by atoms with Gasteiger partial charge in [-0.15, -0.1) is 11.3 Å². The zero-order valence-electron chi connectivity index (χ0n) is 10.3. The number of nitriles is 1. The first-order valence-corrected chi connectivity index (χ1v) is 6.44. The smallest absolute Gasteiger partial charge is 0.143 e. The fraction of sp³-hybridized carbons (Fsp3) is 0.214. The fourth-order valence-corrected chi connectivity index (χ4v) is 2.77. The minimum Gasteiger partial charge on any atom is -0.368 e. The summed E-state index contributed by atoms with van der Waals surface area (Å²) < 4.78 is 13.5. The van der Waals surface area contributed by atoms with Crippen molar-refractivity contribution in [3.05, 3.63) is 51.5 Å². The number of aryl methyl sites for hydroxylation is 1. The van der Waals surface area contributed by atoms with Crippen LogP contribution in [0.3, 0.4) is 0 Å². The van der Waals surface area contributed by atoms with Crippen LogP contribution in [0, 0.1) is 24.1 Å². The molecule has 2 aromatic rings. The van der Waals surface area contributed by atoms with Gasteiger partial charge in [-0.3, -0.25) is 0 Å². The maximum atomic E-state index is 13.5. The maximum absolute atomic E-state index is 13.5. The molecule has 4 heteroatoms. The van der Waals surface area contributed by atoms with Crippen molar-refractivity contribution in [2.24, 2.45) is 0 Å². The maximum Gasteiger partial charge on any atom is 0.143 e. The molecule has 92 valence electrons. The van der Waals surface area contributed by atoms with Crippen molar-refractivity contribution in [3.63, 3.8) is 0 Å². The number of anilines is 1. The number of nitrogens with zero attached hydrogens (tertiary/aromatic N) is 2. The van der Waals surface area contributed by atoms with E-state index in [1.54, 1.807) is 23.5 Å². The number of thiophene rings is 1. The van der Waals surface area contributed by atoms with Crippen LogP contribution >= 0.6 is 11.3 Å². The summed E-state index contributed by atoms with van der Waals surface area (Å²) in [6, 6.07) is 8.69. The first kappa shape index (κ1) is 12.6. The molecule has 0 aliphatic rings. The molecule has 1 aromatic heterocycles. The molecular formula is C14H13FN2S. The largest absolute Gasteiger partial charge is 0.368 e. The van der Waals surface area contributed by atoms with E-state index >= 15 is 0 Å². The van der Waals surface area contributed by atoms with E-state index in [4.69, 9.17) is 5.26 Å². The van der Waals surface area contributed by atoms with E-state index in [1.807, 2.05) is 23.4 Å². The second kappa shape index (κ2) is 5.19. The second-order valence-corrected chi connectivity index (χ2v) is 5.13. The molecule has 1 heterocycles. The summed E-state index contributed by atoms with van der Waals surface area (Å²) in [5, 5.41) is 11.1. The van der Waals surface area contributed by atoms with Crippen LogP contribution in [-0.2, 0) is 6.54 Å². The number of halogens is 1. The lowest BCUT2D eigenvalue weighted by atomic mass is 10.1. The van der Waals surface area contributed by atoms with Crippen molar-refractivity contribution in [2.45, 2.75) is 13.5 Å². The lowest BCUT2D eigenvalue weighted by Crippen LogP contribution is -2.17. The van der Waals surface area contributed by atoms with Gasteiger partial charge in [0, 0.05) is 11.9 Å². The fourth-order valence-electron chi connectivity index (χ4n) is 1.81. The Morgan fingerprint density at radius 3 is 2.78 bits per heavy atom. The quantitative estimate of drug-likeness (QED) is 0.841. The van der Waals surface area contributed by atoms with Gasteiger partial charge in [0.1, 0.15) is 17.4 Å². The van der Waals surface area contributed by atoms with Gasteiger partial charge in [-0.05, 0) is 36.1 Å². The molecule has 0 atom stereocenters. The minimum absolute atomic E-state index is 0.106. The third-order valence-corrected chi connectivity index (χ3v) is 3.87. The summed E-state index contributed by atoms with van der Waals surface area (Å²) in [5.41, 5.74) is 1.96. The average Bonchev–Trinajstić information content (AvgIpc) is 2.74. The van der Waals surface area contributed by atoms with Crippen LogP contribution in [0.1, 0.15) is 16.0 Å². The van der Waals surface area contributed by atoms with Gasteiger partial charge in [-0.1, -0.05) is 6.07 Å². The summed E-state index contributed by atoms with van der Waals surface area (Å²) in [4.78, 5) is 3.13. The lowest BCUT2D eigenvalue weighted by Gasteiger charge is -2.20. The molecule has 1 aromatic carbocycles. The molecule has 0 saturated carbocycles. The summed E-state index contributed by atoms with van der Waals surface area (Å²) in [6.45, 7) is 2.73. The van der Waals surface area contributed by atoms with E-state index in [1.165, 1.54) is 16.5 Å². The number of hydrogen-bond acceptors (Lipinski definition) is 3. The number of hydrogen-bond donors (Lipinski definition) is 0. The normalized spacial score (nSPS) is 10.1. The van der Waals surface area contributed by atoms with E-state index in [0.29, 0.717) is 12.2 Å². The zero-order chi connectivity index (χ0) is 13.1. The van der Waals surface area contributed by atoms with Crippen molar-refractivity contribution in [1.82, 2.24) is 0 Å². The van der Waals surface area contributed by atoms with Crippen LogP contribution in [0.5, 0.6) is 0 Å². The van der Waals surface area contributed by atoms with Gasteiger partial charge in [0.05, 0.1) is 12.2 Å². The van der Waals surface area contributed by atoms with Gasteiger partial charge in [-0.2, -0.15) is 5.26 Å². The highest BCUT2D eigenvalue weighted by Gasteiger charge is 2.12. The third-order valence-electron chi connectivity index (χ3n) is 2.86. The molecule has 0 spiro atoms. The highest BCUT2D eigenvalue weighted by molar-refractivity contribution is 7.10. The molecule has 0 radical (unpaired) electrons. The zero-order valence-corrected chi connectivity index (χ0v) is 11.1. The number of benzene rings is 1. The Balaban J connectivity index is 2.30. The molecule has 18 heavy (non-hydrogen) atoms. The van der Waals surface area contributed by atoms with Crippen LogP contribution in [0.2, 0.25) is 0 Å². The van der Waals surface area contributed by atoms with Crippen LogP contribution in [-0.4, -0.2) is 7.05 Å². The van der Waals surface area contributed by atoms with E-state index in [2.05, 4.69) is 13.0 Å². The van der Waals surface area contributed by atoms with Crippen LogP contribution in [0.4, 0.5) is 10.1 Å². The molecule has 0 unspecified atom stereocenters. The average molecular weight is 260 g/mol. The van der Waals surface area contributed by atoms with Crippen molar-refractivity contribution < 1.29 is 4.39 Å². The molecule has 2 rings (SSSR count). The molecule has 0 fully saturated rings. The van der Waals surface area contributed by atoms with Gasteiger partial charge >= 0.3 is 0 Å². The Bertz CT molecular complexity index is 598. The van der Waals surface area contributed by atoms with Gasteiger partial charge in [0.25, 0.3) is 0 Å². The van der Waals surface area contributed by atoms with Crippen molar-refractivity contribution in [3.8, 4) is 6.07 Å². The van der Waals surface area contributed by atoms with Gasteiger partial charge in [0.2, 0.25) is 0 Å². The van der Waals surface area contributed by atoms with Crippen molar-refractivity contribution >= 4 is 17.0 Å². The molecule has 0 bridgehead atoms. The molecule has 0 aliphatic carbocycles. The Kier molecular flexibility index (Phi) is 3.63. The van der Waals surface area contributed by atoms with Crippen molar-refractivity contribution in [2.75, 3.05) is 11.9 Å². The van der Waals surface area contributed by atoms with Gasteiger partial charge < -0.3 is 4.90 Å². The third kappa shape index (κ3) is 2.36. The lowest BCUT2D eigenvalue weighted by molar-refractivity contribution is 0.623. The molecule has 0 saturated heterocycles. The van der Waals surface area contributed by atoms with E-state index in [9.17, 15) is 4.39 Å². The topological polar surface area (TPSA) is 27.0 Å². The molecule has 0 aliphatic heterocycles. The van der Waals surface area contributed by atoms with E-state index in [0.717, 1.165) is 0 Å². The first-order valence-electron chi connectivity index (χ1n) is 5.56. The predicted octanol–water partition coefficient (Wildman–Crippen LogP) is 3.70. The van der Waals surface area contributed by atoms with Crippen molar-refractivity contribution in [1.29, 1.82) is 5.26 Å². The Hall–Kier alpha value is -1.86. The Morgan fingerprint density at radius 2 is 2.17 bits per heavy atom. The van der Waals surface area contributed by atoms with Crippen LogP contribution < -0.4 is 4.90 Å². The van der Waals surface area contributed by atoms with E-state index in [-0.39, 0.29) is 5.56 Å². The van der Waals surface area contributed by atoms with E-state index < -0.39 is 5.82 Å². The summed E-state index contributed by atoms with van der Waals surface area (Å²) in [7, 11) is 1.87. The van der Waals surface area contributed by atoms with Gasteiger partial charge in [-0.25, -0.2) is 4.39 Å². The summed E-state index contributed by atoms with van der Waals surface area (Å²) >= 11 is 1.67. The highest BCUT2D eigenvalue weighted by atomic mass is 32.1. The Labute approximate surface area is 110 Å². The standard InChI is InChI=1S/C14H13FN2S/c1-10-6-7-18-14(10)9-17(2)13-5-3-4-12(15)11(13)8-16/h3-7H,9H2,1-2H3. The summed E-state index contributed by atoms with van der Waals surface area (Å²) in [6.07, 6.45) is 0. The van der Waals surface area contributed by atoms with Gasteiger partial charge in [0.15, 0.2) is 0 Å². The second-order valence-electron chi connectivity index (χ2n) is 4.13. The number of rotatable bonds is 3.